The number of Topliss-reactive ketones (excluding diaryl/α,β-unsaturated/α-hetero) is 1. The molecule has 1 aliphatic rings. The molecule has 2 rings (SSSR count). The lowest BCUT2D eigenvalue weighted by molar-refractivity contribution is -0.117. The lowest BCUT2D eigenvalue weighted by atomic mass is 9.99. The number of allylic oxidation sites excluding steroid dienone is 4. The van der Waals surface area contributed by atoms with Crippen LogP contribution in [0.5, 0.6) is 5.75 Å². The Morgan fingerprint density at radius 2 is 1.92 bits per heavy atom. The molecule has 1 aromatic rings. The van der Waals surface area contributed by atoms with Crippen LogP contribution in [-0.4, -0.2) is 27.9 Å². The van der Waals surface area contributed by atoms with Crippen molar-refractivity contribution in [3.63, 3.8) is 0 Å². The third kappa shape index (κ3) is 4.63. The molecule has 138 valence electrons. The minimum absolute atomic E-state index is 0.139. The highest BCUT2D eigenvalue weighted by Gasteiger charge is 2.38. The summed E-state index contributed by atoms with van der Waals surface area (Å²) in [5.41, 5.74) is 1.08. The van der Waals surface area contributed by atoms with Gasteiger partial charge in [-0.15, -0.1) is 0 Å². The maximum Gasteiger partial charge on any atom is 0.259 e. The topological polar surface area (TPSA) is 86.6 Å². The number of aliphatic hydroxyl groups is 1. The fourth-order valence-electron chi connectivity index (χ4n) is 2.62. The van der Waals surface area contributed by atoms with Gasteiger partial charge in [-0.1, -0.05) is 50.6 Å². The Bertz CT molecular complexity index is 772. The standard InChI is InChI=1S/C21H25NO4/c1-4-13(2)6-5-7-14(3)19(24)18-20(25)17(22-21(18)26)12-15-8-10-16(23)11-9-15/h5-11,13,17,23-24H,4,12H2,1-3H3,(H,22,26)/b6-5?,14-7+,19-18+/t13-,17+/m1/s1. The van der Waals surface area contributed by atoms with Gasteiger partial charge in [0.1, 0.15) is 17.1 Å². The number of phenols is 1. The average molecular weight is 355 g/mol. The summed E-state index contributed by atoms with van der Waals surface area (Å²) in [6.07, 6.45) is 6.84. The lowest BCUT2D eigenvalue weighted by Crippen LogP contribution is -2.31. The van der Waals surface area contributed by atoms with Gasteiger partial charge in [0.25, 0.3) is 5.91 Å². The SMILES string of the molecule is CC[C@@H](C)C=C/C=C(C)/C(O)=C1\C(=O)N[C@@H](Cc2ccc(O)cc2)C1=O. The van der Waals surface area contributed by atoms with Gasteiger partial charge >= 0.3 is 0 Å². The quantitative estimate of drug-likeness (QED) is 0.316. The largest absolute Gasteiger partial charge is 0.508 e. The molecule has 0 aliphatic carbocycles. The summed E-state index contributed by atoms with van der Waals surface area (Å²) in [6.45, 7) is 5.83. The van der Waals surface area contributed by atoms with Crippen molar-refractivity contribution in [1.29, 1.82) is 0 Å². The number of rotatable bonds is 6. The minimum Gasteiger partial charge on any atom is -0.508 e. The molecule has 2 atom stereocenters. The fourth-order valence-corrected chi connectivity index (χ4v) is 2.62. The van der Waals surface area contributed by atoms with Crippen molar-refractivity contribution in [3.05, 3.63) is 65.0 Å². The Hall–Kier alpha value is -2.82. The van der Waals surface area contributed by atoms with Crippen LogP contribution >= 0.6 is 0 Å². The smallest absolute Gasteiger partial charge is 0.259 e. The van der Waals surface area contributed by atoms with Crippen LogP contribution in [0.25, 0.3) is 0 Å². The molecule has 1 heterocycles. The molecular weight excluding hydrogens is 330 g/mol. The van der Waals surface area contributed by atoms with Crippen LogP contribution in [0, 0.1) is 5.92 Å². The van der Waals surface area contributed by atoms with Gasteiger partial charge in [-0.2, -0.15) is 0 Å². The fraction of sp³-hybridized carbons (Fsp3) is 0.333. The van der Waals surface area contributed by atoms with Crippen molar-refractivity contribution in [2.75, 3.05) is 0 Å². The van der Waals surface area contributed by atoms with Crippen molar-refractivity contribution in [1.82, 2.24) is 5.32 Å². The van der Waals surface area contributed by atoms with Crippen LogP contribution in [0.4, 0.5) is 0 Å². The van der Waals surface area contributed by atoms with Gasteiger partial charge in [-0.25, -0.2) is 0 Å². The Labute approximate surface area is 153 Å². The summed E-state index contributed by atoms with van der Waals surface area (Å²) < 4.78 is 0. The average Bonchev–Trinajstić information content (AvgIpc) is 2.89. The molecule has 0 unspecified atom stereocenters. The number of nitrogens with one attached hydrogen (secondary N) is 1. The van der Waals surface area contributed by atoms with E-state index in [1.54, 1.807) is 25.1 Å². The zero-order valence-corrected chi connectivity index (χ0v) is 15.3. The molecule has 5 nitrogen and oxygen atoms in total. The van der Waals surface area contributed by atoms with E-state index in [4.69, 9.17) is 0 Å². The van der Waals surface area contributed by atoms with Gasteiger partial charge in [-0.3, -0.25) is 9.59 Å². The molecule has 0 radical (unpaired) electrons. The molecule has 26 heavy (non-hydrogen) atoms. The number of ketones is 1. The number of carbonyl (C=O) groups is 2. The van der Waals surface area contributed by atoms with Crippen LogP contribution in [0.1, 0.15) is 32.8 Å². The van der Waals surface area contributed by atoms with Gasteiger partial charge in [0, 0.05) is 6.42 Å². The summed E-state index contributed by atoms with van der Waals surface area (Å²) in [5.74, 6) is -0.705. The number of hydrogen-bond acceptors (Lipinski definition) is 4. The number of hydrogen-bond donors (Lipinski definition) is 3. The van der Waals surface area contributed by atoms with Crippen LogP contribution < -0.4 is 5.32 Å². The summed E-state index contributed by atoms with van der Waals surface area (Å²) in [7, 11) is 0. The Morgan fingerprint density at radius 3 is 2.54 bits per heavy atom. The van der Waals surface area contributed by atoms with Gasteiger partial charge in [0.2, 0.25) is 0 Å². The van der Waals surface area contributed by atoms with Crippen molar-refractivity contribution < 1.29 is 19.8 Å². The second-order valence-electron chi connectivity index (χ2n) is 6.60. The van der Waals surface area contributed by atoms with E-state index >= 15 is 0 Å². The first-order chi connectivity index (χ1) is 12.3. The van der Waals surface area contributed by atoms with Crippen LogP contribution in [-0.2, 0) is 16.0 Å². The Kier molecular flexibility index (Phi) is 6.39. The zero-order chi connectivity index (χ0) is 19.3. The van der Waals surface area contributed by atoms with Crippen LogP contribution in [0.3, 0.4) is 0 Å². The summed E-state index contributed by atoms with van der Waals surface area (Å²) in [6, 6.07) is 5.73. The lowest BCUT2D eigenvalue weighted by Gasteiger charge is -2.08. The number of aliphatic hydroxyl groups excluding tert-OH is 1. The van der Waals surface area contributed by atoms with E-state index in [9.17, 15) is 19.8 Å². The number of carbonyl (C=O) groups excluding carboxylic acids is 2. The molecule has 0 spiro atoms. The Balaban J connectivity index is 2.18. The van der Waals surface area contributed by atoms with Gasteiger partial charge in [-0.05, 0) is 36.1 Å². The summed E-state index contributed by atoms with van der Waals surface area (Å²) >= 11 is 0. The zero-order valence-electron chi connectivity index (χ0n) is 15.3. The predicted molar refractivity (Wildman–Crippen MR) is 101 cm³/mol. The third-order valence-electron chi connectivity index (χ3n) is 4.51. The van der Waals surface area contributed by atoms with E-state index in [2.05, 4.69) is 19.2 Å². The number of aromatic hydroxyl groups is 1. The first-order valence-corrected chi connectivity index (χ1v) is 8.75. The minimum atomic E-state index is -0.715. The van der Waals surface area contributed by atoms with E-state index in [1.807, 2.05) is 12.2 Å². The Morgan fingerprint density at radius 1 is 1.27 bits per heavy atom. The maximum atomic E-state index is 12.6. The molecule has 0 aromatic heterocycles. The monoisotopic (exact) mass is 355 g/mol. The van der Waals surface area contributed by atoms with E-state index in [-0.39, 0.29) is 17.1 Å². The van der Waals surface area contributed by atoms with E-state index in [1.165, 1.54) is 12.1 Å². The molecule has 1 aliphatic heterocycles. The van der Waals surface area contributed by atoms with Crippen LogP contribution in [0.15, 0.2) is 59.4 Å². The second kappa shape index (κ2) is 8.52. The van der Waals surface area contributed by atoms with Crippen molar-refractivity contribution in [3.8, 4) is 5.75 Å². The number of benzene rings is 1. The first-order valence-electron chi connectivity index (χ1n) is 8.75. The number of amides is 1. The normalized spacial score (nSPS) is 21.2. The highest BCUT2D eigenvalue weighted by molar-refractivity contribution is 6.27. The summed E-state index contributed by atoms with van der Waals surface area (Å²) in [5, 5.41) is 22.3. The molecule has 1 aromatic carbocycles. The van der Waals surface area contributed by atoms with E-state index in [0.717, 1.165) is 12.0 Å². The van der Waals surface area contributed by atoms with Gasteiger partial charge in [0.15, 0.2) is 5.78 Å². The predicted octanol–water partition coefficient (Wildman–Crippen LogP) is 3.36. The highest BCUT2D eigenvalue weighted by atomic mass is 16.3. The van der Waals surface area contributed by atoms with E-state index in [0.29, 0.717) is 17.9 Å². The van der Waals surface area contributed by atoms with Crippen molar-refractivity contribution in [2.45, 2.75) is 39.7 Å². The van der Waals surface area contributed by atoms with Gasteiger partial charge < -0.3 is 15.5 Å². The number of phenolic OH excluding ortho intramolecular Hbond substituents is 1. The molecule has 1 fully saturated rings. The highest BCUT2D eigenvalue weighted by Crippen LogP contribution is 2.22. The molecule has 1 saturated heterocycles. The maximum absolute atomic E-state index is 12.6. The molecule has 0 saturated carbocycles. The summed E-state index contributed by atoms with van der Waals surface area (Å²) in [4.78, 5) is 24.7. The molecule has 1 amide bonds. The van der Waals surface area contributed by atoms with Gasteiger partial charge in [0.05, 0.1) is 6.04 Å². The molecule has 3 N–H and O–H groups in total. The molecule has 5 heteroatoms. The second-order valence-corrected chi connectivity index (χ2v) is 6.60. The van der Waals surface area contributed by atoms with Crippen molar-refractivity contribution >= 4 is 11.7 Å². The van der Waals surface area contributed by atoms with E-state index < -0.39 is 17.7 Å². The van der Waals surface area contributed by atoms with Crippen LogP contribution in [0.2, 0.25) is 0 Å². The third-order valence-corrected chi connectivity index (χ3v) is 4.51. The molecular formula is C21H25NO4. The first kappa shape index (κ1) is 19.5. The van der Waals surface area contributed by atoms with Crippen molar-refractivity contribution in [2.24, 2.45) is 5.92 Å². The molecule has 0 bridgehead atoms.